The number of hydrogen-bond donors (Lipinski definition) is 1. The second-order valence-corrected chi connectivity index (χ2v) is 7.24. The number of Topliss-reactive ketones (excluding diaryl/α,β-unsaturated/α-hetero) is 1. The summed E-state index contributed by atoms with van der Waals surface area (Å²) >= 11 is 12.1. The maximum absolute atomic E-state index is 12.5. The quantitative estimate of drug-likeness (QED) is 0.890. The zero-order valence-electron chi connectivity index (χ0n) is 12.1. The van der Waals surface area contributed by atoms with Crippen LogP contribution in [0.15, 0.2) is 18.2 Å². The van der Waals surface area contributed by atoms with Crippen molar-refractivity contribution in [3.05, 3.63) is 33.8 Å². The molecular weight excluding hydrogens is 307 g/mol. The van der Waals surface area contributed by atoms with E-state index in [9.17, 15) is 9.90 Å². The molecule has 0 amide bonds. The van der Waals surface area contributed by atoms with Gasteiger partial charge in [0.15, 0.2) is 0 Å². The van der Waals surface area contributed by atoms with E-state index in [-0.39, 0.29) is 29.6 Å². The van der Waals surface area contributed by atoms with Crippen molar-refractivity contribution in [1.29, 1.82) is 0 Å². The monoisotopic (exact) mass is 326 g/mol. The fraction of sp³-hybridized carbons (Fsp3) is 0.588. The summed E-state index contributed by atoms with van der Waals surface area (Å²) in [6.07, 6.45) is 2.97. The van der Waals surface area contributed by atoms with E-state index in [2.05, 4.69) is 0 Å². The van der Waals surface area contributed by atoms with Crippen molar-refractivity contribution in [3.63, 3.8) is 0 Å². The van der Waals surface area contributed by atoms with Gasteiger partial charge in [-0.05, 0) is 54.7 Å². The molecule has 21 heavy (non-hydrogen) atoms. The molecule has 2 unspecified atom stereocenters. The number of ketones is 1. The Kier molecular flexibility index (Phi) is 4.31. The predicted octanol–water partition coefficient (Wildman–Crippen LogP) is 4.46. The van der Waals surface area contributed by atoms with Crippen molar-refractivity contribution in [2.45, 2.75) is 44.6 Å². The fourth-order valence-electron chi connectivity index (χ4n) is 4.32. The first-order chi connectivity index (χ1) is 10.0. The predicted molar refractivity (Wildman–Crippen MR) is 84.8 cm³/mol. The van der Waals surface area contributed by atoms with Gasteiger partial charge < -0.3 is 5.11 Å². The van der Waals surface area contributed by atoms with Crippen LogP contribution in [0.1, 0.15) is 44.1 Å². The largest absolute Gasteiger partial charge is 0.393 e. The van der Waals surface area contributed by atoms with Gasteiger partial charge in [0, 0.05) is 12.3 Å². The highest BCUT2D eigenvalue weighted by Crippen LogP contribution is 2.52. The molecule has 0 saturated heterocycles. The van der Waals surface area contributed by atoms with Gasteiger partial charge in [0.25, 0.3) is 0 Å². The molecular formula is C17H20Cl2O2. The number of fused-ring (bicyclic) bond motifs is 2. The summed E-state index contributed by atoms with van der Waals surface area (Å²) in [6, 6.07) is 5.67. The van der Waals surface area contributed by atoms with Crippen molar-refractivity contribution < 1.29 is 9.90 Å². The van der Waals surface area contributed by atoms with Crippen LogP contribution >= 0.6 is 23.2 Å². The van der Waals surface area contributed by atoms with Crippen LogP contribution in [0, 0.1) is 17.8 Å². The molecule has 2 aliphatic rings. The molecule has 2 saturated carbocycles. The van der Waals surface area contributed by atoms with E-state index in [4.69, 9.17) is 23.2 Å². The number of benzene rings is 1. The Morgan fingerprint density at radius 3 is 2.67 bits per heavy atom. The highest BCUT2D eigenvalue weighted by atomic mass is 35.5. The lowest BCUT2D eigenvalue weighted by atomic mass is 9.67. The standard InChI is InChI=1S/C17H20Cl2O2/c1-2-15(20)17-11(5-9-6-12(17)16(21)7-9)10-3-4-13(18)14(19)8-10/h3-4,8-9,11-12,16-17,21H,2,5-7H2,1H3/t9?,11-,12+,16?,17+/m1/s1. The van der Waals surface area contributed by atoms with E-state index in [1.165, 1.54) is 0 Å². The van der Waals surface area contributed by atoms with Gasteiger partial charge in [0.2, 0.25) is 0 Å². The molecule has 1 N–H and O–H groups in total. The Hall–Kier alpha value is -0.570. The number of carbonyl (C=O) groups excluding carboxylic acids is 1. The van der Waals surface area contributed by atoms with E-state index in [0.29, 0.717) is 22.4 Å². The van der Waals surface area contributed by atoms with Crippen LogP contribution in [-0.2, 0) is 4.79 Å². The van der Waals surface area contributed by atoms with Crippen LogP contribution < -0.4 is 0 Å². The Morgan fingerprint density at radius 2 is 2.00 bits per heavy atom. The molecule has 2 bridgehead atoms. The first kappa shape index (κ1) is 15.3. The summed E-state index contributed by atoms with van der Waals surface area (Å²) < 4.78 is 0. The number of hydrogen-bond acceptors (Lipinski definition) is 2. The Balaban J connectivity index is 1.98. The SMILES string of the molecule is CCC(=O)[C@H]1[C@@H](c2ccc(Cl)c(Cl)c2)CC2CC(O)[C@@H]1C2. The number of carbonyl (C=O) groups is 1. The van der Waals surface area contributed by atoms with Crippen LogP contribution in [0.2, 0.25) is 10.0 Å². The minimum atomic E-state index is -0.330. The first-order valence-electron chi connectivity index (χ1n) is 7.67. The maximum Gasteiger partial charge on any atom is 0.136 e. The third-order valence-corrected chi connectivity index (χ3v) is 5.99. The smallest absolute Gasteiger partial charge is 0.136 e. The van der Waals surface area contributed by atoms with Crippen molar-refractivity contribution in [1.82, 2.24) is 0 Å². The average Bonchev–Trinajstić information content (AvgIpc) is 2.76. The lowest BCUT2D eigenvalue weighted by Crippen LogP contribution is -2.35. The molecule has 3 rings (SSSR count). The number of rotatable bonds is 3. The third kappa shape index (κ3) is 2.74. The van der Waals surface area contributed by atoms with E-state index < -0.39 is 0 Å². The summed E-state index contributed by atoms with van der Waals surface area (Å²) in [7, 11) is 0. The molecule has 1 aromatic carbocycles. The van der Waals surface area contributed by atoms with Crippen LogP contribution in [0.4, 0.5) is 0 Å². The van der Waals surface area contributed by atoms with Crippen LogP contribution in [0.25, 0.3) is 0 Å². The van der Waals surface area contributed by atoms with Gasteiger partial charge in [-0.2, -0.15) is 0 Å². The first-order valence-corrected chi connectivity index (χ1v) is 8.42. The summed E-state index contributed by atoms with van der Waals surface area (Å²) in [5.41, 5.74) is 1.08. The van der Waals surface area contributed by atoms with Gasteiger partial charge in [0.1, 0.15) is 5.78 Å². The van der Waals surface area contributed by atoms with Gasteiger partial charge in [-0.3, -0.25) is 4.79 Å². The molecule has 0 spiro atoms. The molecule has 0 aromatic heterocycles. The molecule has 1 aromatic rings. The van der Waals surface area contributed by atoms with E-state index in [1.807, 2.05) is 19.1 Å². The molecule has 2 nitrogen and oxygen atoms in total. The highest BCUT2D eigenvalue weighted by Gasteiger charge is 2.49. The Bertz CT molecular complexity index is 558. The summed E-state index contributed by atoms with van der Waals surface area (Å²) in [5, 5.41) is 11.4. The maximum atomic E-state index is 12.5. The van der Waals surface area contributed by atoms with Crippen molar-refractivity contribution in [2.75, 3.05) is 0 Å². The van der Waals surface area contributed by atoms with Crippen LogP contribution in [0.3, 0.4) is 0 Å². The van der Waals surface area contributed by atoms with E-state index >= 15 is 0 Å². The number of halogens is 2. The third-order valence-electron chi connectivity index (χ3n) is 5.25. The topological polar surface area (TPSA) is 37.3 Å². The molecule has 0 heterocycles. The molecule has 0 aliphatic heterocycles. The van der Waals surface area contributed by atoms with Crippen LogP contribution in [-0.4, -0.2) is 17.0 Å². The van der Waals surface area contributed by atoms with Crippen molar-refractivity contribution >= 4 is 29.0 Å². The molecule has 0 radical (unpaired) electrons. The minimum Gasteiger partial charge on any atom is -0.393 e. The zero-order chi connectivity index (χ0) is 15.1. The normalized spacial score (nSPS) is 35.0. The average molecular weight is 327 g/mol. The van der Waals surface area contributed by atoms with E-state index in [0.717, 1.165) is 24.8 Å². The van der Waals surface area contributed by atoms with Crippen molar-refractivity contribution in [3.8, 4) is 0 Å². The summed E-state index contributed by atoms with van der Waals surface area (Å²) in [4.78, 5) is 12.5. The Labute approximate surface area is 135 Å². The second kappa shape index (κ2) is 5.91. The Morgan fingerprint density at radius 1 is 1.24 bits per heavy atom. The zero-order valence-corrected chi connectivity index (χ0v) is 13.6. The van der Waals surface area contributed by atoms with Gasteiger partial charge in [-0.1, -0.05) is 36.2 Å². The number of aliphatic hydroxyl groups is 1. The van der Waals surface area contributed by atoms with Gasteiger partial charge in [-0.15, -0.1) is 0 Å². The van der Waals surface area contributed by atoms with Gasteiger partial charge in [-0.25, -0.2) is 0 Å². The molecule has 4 heteroatoms. The molecule has 2 aliphatic carbocycles. The molecule has 2 fully saturated rings. The number of aliphatic hydroxyl groups excluding tert-OH is 1. The second-order valence-electron chi connectivity index (χ2n) is 6.43. The lowest BCUT2D eigenvalue weighted by Gasteiger charge is -2.36. The summed E-state index contributed by atoms with van der Waals surface area (Å²) in [6.45, 7) is 1.90. The van der Waals surface area contributed by atoms with Gasteiger partial charge >= 0.3 is 0 Å². The minimum absolute atomic E-state index is 0.0824. The highest BCUT2D eigenvalue weighted by molar-refractivity contribution is 6.42. The van der Waals surface area contributed by atoms with Gasteiger partial charge in [0.05, 0.1) is 16.1 Å². The fourth-order valence-corrected chi connectivity index (χ4v) is 4.63. The molecule has 5 atom stereocenters. The van der Waals surface area contributed by atoms with Crippen molar-refractivity contribution in [2.24, 2.45) is 17.8 Å². The lowest BCUT2D eigenvalue weighted by molar-refractivity contribution is -0.127. The molecule has 114 valence electrons. The van der Waals surface area contributed by atoms with Crippen LogP contribution in [0.5, 0.6) is 0 Å². The summed E-state index contributed by atoms with van der Waals surface area (Å²) in [5.74, 6) is 0.964. The van der Waals surface area contributed by atoms with E-state index in [1.54, 1.807) is 6.07 Å².